The lowest BCUT2D eigenvalue weighted by molar-refractivity contribution is -0.141. The summed E-state index contributed by atoms with van der Waals surface area (Å²) in [5, 5.41) is 5.29. The van der Waals surface area contributed by atoms with Crippen LogP contribution in [0.5, 0.6) is 0 Å². The van der Waals surface area contributed by atoms with E-state index in [-0.39, 0.29) is 0 Å². The van der Waals surface area contributed by atoms with Gasteiger partial charge in [0.2, 0.25) is 7.29 Å². The third-order valence-corrected chi connectivity index (χ3v) is 8.34. The van der Waals surface area contributed by atoms with Crippen molar-refractivity contribution in [1.82, 2.24) is 5.09 Å². The molecule has 0 aliphatic carbocycles. The molecule has 1 aliphatic heterocycles. The topological polar surface area (TPSA) is 55.4 Å². The van der Waals surface area contributed by atoms with E-state index in [1.165, 1.54) is 6.08 Å². The molecule has 0 bridgehead atoms. The Hall–Kier alpha value is -2.65. The second kappa shape index (κ2) is 8.23. The summed E-state index contributed by atoms with van der Waals surface area (Å²) in [4.78, 5) is 11.9. The second-order valence-electron chi connectivity index (χ2n) is 7.32. The third kappa shape index (κ3) is 3.87. The highest BCUT2D eigenvalue weighted by Crippen LogP contribution is 2.46. The molecule has 4 nitrogen and oxygen atoms in total. The Kier molecular flexibility index (Phi) is 5.66. The molecule has 0 aromatic heterocycles. The van der Waals surface area contributed by atoms with Gasteiger partial charge in [-0.3, -0.25) is 4.57 Å². The predicted octanol–water partition coefficient (Wildman–Crippen LogP) is 4.56. The number of carbonyl (C=O) groups is 1. The smallest absolute Gasteiger partial charge is 0.331 e. The van der Waals surface area contributed by atoms with Crippen LogP contribution in [0.1, 0.15) is 12.5 Å². The van der Waals surface area contributed by atoms with Crippen molar-refractivity contribution in [3.8, 4) is 0 Å². The molecule has 30 heavy (non-hydrogen) atoms. The van der Waals surface area contributed by atoms with Crippen LogP contribution in [0.25, 0.3) is 0 Å². The number of hydrogen-bond donors (Lipinski definition) is 1. The number of carbonyl (C=O) groups excluding carboxylic acids is 1. The molecule has 0 radical (unpaired) electrons. The average Bonchev–Trinajstić information content (AvgIpc) is 3.22. The molecule has 0 saturated heterocycles. The van der Waals surface area contributed by atoms with Crippen molar-refractivity contribution in [3.63, 3.8) is 0 Å². The zero-order chi connectivity index (χ0) is 21.2. The van der Waals surface area contributed by atoms with Gasteiger partial charge in [0.1, 0.15) is 6.10 Å². The lowest BCUT2D eigenvalue weighted by Crippen LogP contribution is -2.50. The molecule has 6 heteroatoms. The van der Waals surface area contributed by atoms with Crippen LogP contribution in [0.15, 0.2) is 97.1 Å². The standard InChI is InChI=1S/C24H21ClNO3P/c1-24(22-15-16-23(27)29-22,18-9-8-10-19(25)17-18)26-30(28,20-11-4-2-5-12-20)21-13-6-3-7-14-21/h2-17,22H,1H3,(H,26,28)/t22-,24+/m1/s1. The molecule has 1 aliphatic rings. The number of hydrogen-bond acceptors (Lipinski definition) is 3. The van der Waals surface area contributed by atoms with Crippen molar-refractivity contribution < 1.29 is 14.1 Å². The first-order valence-electron chi connectivity index (χ1n) is 9.57. The summed E-state index contributed by atoms with van der Waals surface area (Å²) in [6.07, 6.45) is 2.44. The van der Waals surface area contributed by atoms with E-state index in [2.05, 4.69) is 5.09 Å². The zero-order valence-electron chi connectivity index (χ0n) is 16.4. The lowest BCUT2D eigenvalue weighted by Gasteiger charge is -2.39. The van der Waals surface area contributed by atoms with E-state index in [1.54, 1.807) is 18.2 Å². The zero-order valence-corrected chi connectivity index (χ0v) is 18.0. The molecule has 1 N–H and O–H groups in total. The fourth-order valence-corrected chi connectivity index (χ4v) is 6.51. The number of benzene rings is 3. The monoisotopic (exact) mass is 437 g/mol. The van der Waals surface area contributed by atoms with E-state index in [1.807, 2.05) is 79.7 Å². The first kappa shape index (κ1) is 20.6. The molecule has 3 aromatic rings. The Bertz CT molecular complexity index is 1090. The minimum Gasteiger partial charge on any atom is -0.453 e. The van der Waals surface area contributed by atoms with Crippen LogP contribution in [0.3, 0.4) is 0 Å². The molecular formula is C24H21ClNO3P. The fraction of sp³-hybridized carbons (Fsp3) is 0.125. The molecule has 4 rings (SSSR count). The van der Waals surface area contributed by atoms with Crippen LogP contribution in [0.2, 0.25) is 5.02 Å². The highest BCUT2D eigenvalue weighted by molar-refractivity contribution is 7.77. The Morgan fingerprint density at radius 2 is 1.53 bits per heavy atom. The van der Waals surface area contributed by atoms with Crippen molar-refractivity contribution >= 4 is 35.5 Å². The molecule has 1 heterocycles. The molecule has 0 unspecified atom stereocenters. The Balaban J connectivity index is 1.89. The summed E-state index contributed by atoms with van der Waals surface area (Å²) < 4.78 is 20.2. The van der Waals surface area contributed by atoms with Crippen LogP contribution < -0.4 is 15.7 Å². The predicted molar refractivity (Wildman–Crippen MR) is 121 cm³/mol. The second-order valence-corrected chi connectivity index (χ2v) is 10.2. The summed E-state index contributed by atoms with van der Waals surface area (Å²) in [6.45, 7) is 1.88. The van der Waals surface area contributed by atoms with Gasteiger partial charge in [-0.25, -0.2) is 9.88 Å². The Morgan fingerprint density at radius 3 is 2.03 bits per heavy atom. The van der Waals surface area contributed by atoms with Crippen LogP contribution in [-0.2, 0) is 19.6 Å². The van der Waals surface area contributed by atoms with Gasteiger partial charge in [0.15, 0.2) is 0 Å². The number of esters is 1. The number of ether oxygens (including phenoxy) is 1. The highest BCUT2D eigenvalue weighted by atomic mass is 35.5. The van der Waals surface area contributed by atoms with Crippen molar-refractivity contribution in [2.24, 2.45) is 0 Å². The summed E-state index contributed by atoms with van der Waals surface area (Å²) in [5.74, 6) is -0.427. The molecule has 0 saturated carbocycles. The van der Waals surface area contributed by atoms with Gasteiger partial charge in [0, 0.05) is 21.7 Å². The molecule has 3 aromatic carbocycles. The van der Waals surface area contributed by atoms with E-state index in [4.69, 9.17) is 16.3 Å². The largest absolute Gasteiger partial charge is 0.453 e. The first-order chi connectivity index (χ1) is 14.4. The summed E-state index contributed by atoms with van der Waals surface area (Å²) >= 11 is 6.27. The molecule has 0 fully saturated rings. The SMILES string of the molecule is C[C@](NP(=O)(c1ccccc1)c1ccccc1)(c1cccc(Cl)c1)[C@H]1C=CC(=O)O1. The van der Waals surface area contributed by atoms with Gasteiger partial charge in [-0.1, -0.05) is 60.1 Å². The minimum absolute atomic E-state index is 0.427. The Morgan fingerprint density at radius 1 is 0.933 bits per heavy atom. The van der Waals surface area contributed by atoms with E-state index >= 15 is 0 Å². The van der Waals surface area contributed by atoms with E-state index in [9.17, 15) is 9.36 Å². The Labute approximate surface area is 181 Å². The number of nitrogens with one attached hydrogen (secondary N) is 1. The van der Waals surface area contributed by atoms with E-state index < -0.39 is 24.9 Å². The minimum atomic E-state index is -3.32. The van der Waals surface area contributed by atoms with Gasteiger partial charge in [-0.15, -0.1) is 0 Å². The first-order valence-corrected chi connectivity index (χ1v) is 11.7. The molecule has 2 atom stereocenters. The number of halogens is 1. The molecular weight excluding hydrogens is 417 g/mol. The van der Waals surface area contributed by atoms with Crippen molar-refractivity contribution in [1.29, 1.82) is 0 Å². The fourth-order valence-electron chi connectivity index (χ4n) is 3.67. The number of cyclic esters (lactones) is 1. The van der Waals surface area contributed by atoms with Crippen molar-refractivity contribution in [2.75, 3.05) is 0 Å². The van der Waals surface area contributed by atoms with Crippen LogP contribution in [0.4, 0.5) is 0 Å². The van der Waals surface area contributed by atoms with Gasteiger partial charge in [-0.05, 0) is 55.0 Å². The lowest BCUT2D eigenvalue weighted by atomic mass is 9.87. The highest BCUT2D eigenvalue weighted by Gasteiger charge is 2.45. The normalized spacial score (nSPS) is 18.1. The third-order valence-electron chi connectivity index (χ3n) is 5.27. The summed E-state index contributed by atoms with van der Waals surface area (Å²) in [5.41, 5.74) is -0.221. The van der Waals surface area contributed by atoms with E-state index in [0.717, 1.165) is 5.56 Å². The van der Waals surface area contributed by atoms with Crippen LogP contribution in [-0.4, -0.2) is 12.1 Å². The van der Waals surface area contributed by atoms with Crippen molar-refractivity contribution in [3.05, 3.63) is 108 Å². The van der Waals surface area contributed by atoms with Gasteiger partial charge >= 0.3 is 5.97 Å². The molecule has 0 spiro atoms. The van der Waals surface area contributed by atoms with Crippen molar-refractivity contribution in [2.45, 2.75) is 18.6 Å². The average molecular weight is 438 g/mol. The molecule has 152 valence electrons. The quantitative estimate of drug-likeness (QED) is 0.454. The maximum atomic E-state index is 14.6. The van der Waals surface area contributed by atoms with Gasteiger partial charge in [-0.2, -0.15) is 0 Å². The summed E-state index contributed by atoms with van der Waals surface area (Å²) in [7, 11) is -3.32. The maximum absolute atomic E-state index is 14.6. The van der Waals surface area contributed by atoms with Crippen LogP contribution >= 0.6 is 18.9 Å². The van der Waals surface area contributed by atoms with Gasteiger partial charge in [0.25, 0.3) is 0 Å². The van der Waals surface area contributed by atoms with Gasteiger partial charge in [0.05, 0.1) is 5.54 Å². The van der Waals surface area contributed by atoms with Crippen LogP contribution in [0, 0.1) is 0 Å². The molecule has 0 amide bonds. The maximum Gasteiger partial charge on any atom is 0.331 e. The van der Waals surface area contributed by atoms with Gasteiger partial charge < -0.3 is 4.74 Å². The number of rotatable bonds is 6. The summed E-state index contributed by atoms with van der Waals surface area (Å²) in [6, 6.07) is 25.9. The van der Waals surface area contributed by atoms with E-state index in [0.29, 0.717) is 15.6 Å².